The van der Waals surface area contributed by atoms with Crippen molar-refractivity contribution in [1.82, 2.24) is 14.6 Å². The molecule has 0 saturated heterocycles. The molecule has 18 heavy (non-hydrogen) atoms. The van der Waals surface area contributed by atoms with Crippen LogP contribution in [-0.4, -0.2) is 56.1 Å². The number of carbonyl (C=O) groups is 1. The summed E-state index contributed by atoms with van der Waals surface area (Å²) in [6, 6.07) is 0. The van der Waals surface area contributed by atoms with Gasteiger partial charge in [-0.05, 0) is 13.6 Å². The van der Waals surface area contributed by atoms with Crippen molar-refractivity contribution in [3.05, 3.63) is 11.2 Å². The number of sulfonamides is 1. The SMILES string of the molecule is CCN(C)CCNS(=O)(=O)c1scnc1C(=O)O. The molecular formula is C9H15N3O4S2. The Bertz CT molecular complexity index is 512. The minimum atomic E-state index is -3.80. The number of hydrogen-bond acceptors (Lipinski definition) is 6. The minimum Gasteiger partial charge on any atom is -0.476 e. The highest BCUT2D eigenvalue weighted by Crippen LogP contribution is 2.19. The van der Waals surface area contributed by atoms with Gasteiger partial charge < -0.3 is 10.0 Å². The van der Waals surface area contributed by atoms with E-state index in [1.54, 1.807) is 0 Å². The van der Waals surface area contributed by atoms with Gasteiger partial charge in [-0.25, -0.2) is 22.9 Å². The molecule has 1 heterocycles. The predicted molar refractivity (Wildman–Crippen MR) is 67.4 cm³/mol. The third kappa shape index (κ3) is 3.73. The molecule has 0 fully saturated rings. The maximum atomic E-state index is 11.9. The first-order valence-electron chi connectivity index (χ1n) is 5.23. The summed E-state index contributed by atoms with van der Waals surface area (Å²) in [5, 5.41) is 8.81. The van der Waals surface area contributed by atoms with E-state index in [1.807, 2.05) is 18.9 Å². The third-order valence-electron chi connectivity index (χ3n) is 2.31. The van der Waals surface area contributed by atoms with Crippen LogP contribution in [0.3, 0.4) is 0 Å². The van der Waals surface area contributed by atoms with Crippen molar-refractivity contribution < 1.29 is 18.3 Å². The topological polar surface area (TPSA) is 99.6 Å². The highest BCUT2D eigenvalue weighted by atomic mass is 32.2. The number of carboxylic acid groups (broad SMARTS) is 1. The summed E-state index contributed by atoms with van der Waals surface area (Å²) in [4.78, 5) is 16.3. The Morgan fingerprint density at radius 1 is 1.61 bits per heavy atom. The maximum absolute atomic E-state index is 11.9. The van der Waals surface area contributed by atoms with Crippen LogP contribution in [0.2, 0.25) is 0 Å². The van der Waals surface area contributed by atoms with Crippen molar-refractivity contribution in [2.45, 2.75) is 11.1 Å². The molecule has 102 valence electrons. The average Bonchev–Trinajstić information content (AvgIpc) is 2.78. The van der Waals surface area contributed by atoms with Gasteiger partial charge >= 0.3 is 5.97 Å². The van der Waals surface area contributed by atoms with Crippen molar-refractivity contribution >= 4 is 27.3 Å². The van der Waals surface area contributed by atoms with E-state index >= 15 is 0 Å². The van der Waals surface area contributed by atoms with Gasteiger partial charge in [0.25, 0.3) is 10.0 Å². The van der Waals surface area contributed by atoms with Crippen LogP contribution < -0.4 is 4.72 Å². The smallest absolute Gasteiger partial charge is 0.356 e. The molecule has 0 atom stereocenters. The van der Waals surface area contributed by atoms with E-state index < -0.39 is 21.7 Å². The molecule has 9 heteroatoms. The molecule has 0 saturated carbocycles. The fourth-order valence-electron chi connectivity index (χ4n) is 1.16. The maximum Gasteiger partial charge on any atom is 0.356 e. The molecule has 0 aliphatic heterocycles. The molecule has 0 aliphatic rings. The molecule has 2 N–H and O–H groups in total. The van der Waals surface area contributed by atoms with Gasteiger partial charge in [0.2, 0.25) is 0 Å². The Morgan fingerprint density at radius 3 is 2.83 bits per heavy atom. The Balaban J connectivity index is 2.75. The van der Waals surface area contributed by atoms with Crippen LogP contribution >= 0.6 is 11.3 Å². The van der Waals surface area contributed by atoms with Gasteiger partial charge in [-0.3, -0.25) is 0 Å². The number of aromatic nitrogens is 1. The summed E-state index contributed by atoms with van der Waals surface area (Å²) in [7, 11) is -1.93. The zero-order chi connectivity index (χ0) is 13.8. The zero-order valence-corrected chi connectivity index (χ0v) is 11.7. The first-order chi connectivity index (χ1) is 8.38. The Kier molecular flexibility index (Phi) is 5.20. The molecule has 0 amide bonds. The number of carboxylic acids is 1. The molecule has 7 nitrogen and oxygen atoms in total. The van der Waals surface area contributed by atoms with Crippen molar-refractivity contribution in [1.29, 1.82) is 0 Å². The fraction of sp³-hybridized carbons (Fsp3) is 0.556. The predicted octanol–water partition coefficient (Wildman–Crippen LogP) is 0.0713. The summed E-state index contributed by atoms with van der Waals surface area (Å²) in [5.74, 6) is -1.35. The molecule has 1 aromatic rings. The number of likely N-dealkylation sites (N-methyl/N-ethyl adjacent to an activating group) is 1. The largest absolute Gasteiger partial charge is 0.476 e. The van der Waals surface area contributed by atoms with Crippen molar-refractivity contribution in [3.63, 3.8) is 0 Å². The van der Waals surface area contributed by atoms with Gasteiger partial charge in [-0.2, -0.15) is 0 Å². The highest BCUT2D eigenvalue weighted by Gasteiger charge is 2.25. The molecule has 0 unspecified atom stereocenters. The Labute approximate surface area is 110 Å². The molecule has 1 rings (SSSR count). The van der Waals surface area contributed by atoms with E-state index in [2.05, 4.69) is 9.71 Å². The molecule has 0 spiro atoms. The Hall–Kier alpha value is -1.03. The van der Waals surface area contributed by atoms with Gasteiger partial charge in [-0.15, -0.1) is 11.3 Å². The number of nitrogens with zero attached hydrogens (tertiary/aromatic N) is 2. The van der Waals surface area contributed by atoms with Gasteiger partial charge in [0.15, 0.2) is 9.90 Å². The van der Waals surface area contributed by atoms with E-state index in [0.29, 0.717) is 6.54 Å². The van der Waals surface area contributed by atoms with Crippen molar-refractivity contribution in [3.8, 4) is 0 Å². The number of thiazole rings is 1. The first-order valence-corrected chi connectivity index (χ1v) is 7.59. The van der Waals surface area contributed by atoms with Gasteiger partial charge in [0, 0.05) is 13.1 Å². The number of rotatable bonds is 7. The van der Waals surface area contributed by atoms with Crippen LogP contribution in [0.15, 0.2) is 9.72 Å². The minimum absolute atomic E-state index is 0.226. The molecule has 0 bridgehead atoms. The molecule has 0 radical (unpaired) electrons. The van der Waals surface area contributed by atoms with E-state index in [1.165, 1.54) is 5.51 Å². The normalized spacial score (nSPS) is 11.9. The van der Waals surface area contributed by atoms with Crippen molar-refractivity contribution in [2.24, 2.45) is 0 Å². The Morgan fingerprint density at radius 2 is 2.28 bits per heavy atom. The summed E-state index contributed by atoms with van der Waals surface area (Å²) < 4.78 is 25.8. The molecular weight excluding hydrogens is 278 g/mol. The second-order valence-corrected chi connectivity index (χ2v) is 6.40. The quantitative estimate of drug-likeness (QED) is 0.738. The van der Waals surface area contributed by atoms with Crippen molar-refractivity contribution in [2.75, 3.05) is 26.7 Å². The van der Waals surface area contributed by atoms with Crippen LogP contribution in [0.5, 0.6) is 0 Å². The number of nitrogens with one attached hydrogen (secondary N) is 1. The van der Waals surface area contributed by atoms with Gasteiger partial charge in [0.1, 0.15) is 0 Å². The van der Waals surface area contributed by atoms with Crippen LogP contribution in [0.4, 0.5) is 0 Å². The second kappa shape index (κ2) is 6.23. The van der Waals surface area contributed by atoms with Crippen LogP contribution in [0.1, 0.15) is 17.4 Å². The van der Waals surface area contributed by atoms with E-state index in [4.69, 9.17) is 5.11 Å². The standard InChI is InChI=1S/C9H15N3O4S2/c1-3-12(2)5-4-11-18(15,16)9-7(8(13)14)10-6-17-9/h6,11H,3-5H2,1-2H3,(H,13,14). The van der Waals surface area contributed by atoms with Gasteiger partial charge in [-0.1, -0.05) is 6.92 Å². The summed E-state index contributed by atoms with van der Waals surface area (Å²) >= 11 is 0.793. The third-order valence-corrected chi connectivity index (χ3v) is 5.14. The van der Waals surface area contributed by atoms with E-state index in [-0.39, 0.29) is 10.8 Å². The lowest BCUT2D eigenvalue weighted by Crippen LogP contribution is -2.33. The zero-order valence-electron chi connectivity index (χ0n) is 10.1. The lowest BCUT2D eigenvalue weighted by Gasteiger charge is -2.13. The van der Waals surface area contributed by atoms with Crippen LogP contribution in [-0.2, 0) is 10.0 Å². The summed E-state index contributed by atoms with van der Waals surface area (Å²) in [5.41, 5.74) is 0.771. The van der Waals surface area contributed by atoms with Crippen LogP contribution in [0.25, 0.3) is 0 Å². The second-order valence-electron chi connectivity index (χ2n) is 3.59. The number of aromatic carboxylic acids is 1. The lowest BCUT2D eigenvalue weighted by molar-refractivity contribution is 0.0687. The fourth-order valence-corrected chi connectivity index (χ4v) is 3.37. The van der Waals surface area contributed by atoms with E-state index in [9.17, 15) is 13.2 Å². The first kappa shape index (κ1) is 15.0. The average molecular weight is 293 g/mol. The summed E-state index contributed by atoms with van der Waals surface area (Å²) in [6.07, 6.45) is 0. The monoisotopic (exact) mass is 293 g/mol. The molecule has 1 aromatic heterocycles. The van der Waals surface area contributed by atoms with E-state index in [0.717, 1.165) is 17.9 Å². The molecule has 0 aliphatic carbocycles. The highest BCUT2D eigenvalue weighted by molar-refractivity contribution is 7.91. The molecule has 0 aromatic carbocycles. The van der Waals surface area contributed by atoms with Gasteiger partial charge in [0.05, 0.1) is 5.51 Å². The lowest BCUT2D eigenvalue weighted by atomic mass is 10.5. The summed E-state index contributed by atoms with van der Waals surface area (Å²) in [6.45, 7) is 3.55. The van der Waals surface area contributed by atoms with Crippen LogP contribution in [0, 0.1) is 0 Å². The number of hydrogen-bond donors (Lipinski definition) is 2.